The number of aryl methyl sites for hydroxylation is 3. The minimum atomic E-state index is -0.248. The van der Waals surface area contributed by atoms with Crippen LogP contribution in [-0.2, 0) is 0 Å². The van der Waals surface area contributed by atoms with Crippen molar-refractivity contribution in [3.8, 4) is 0 Å². The van der Waals surface area contributed by atoms with Gasteiger partial charge in [-0.1, -0.05) is 11.2 Å². The molecule has 0 saturated heterocycles. The van der Waals surface area contributed by atoms with Crippen molar-refractivity contribution in [2.45, 2.75) is 20.8 Å². The van der Waals surface area contributed by atoms with Gasteiger partial charge in [-0.3, -0.25) is 4.79 Å². The monoisotopic (exact) mass is 322 g/mol. The van der Waals surface area contributed by atoms with Crippen molar-refractivity contribution in [3.05, 3.63) is 65.2 Å². The first-order chi connectivity index (χ1) is 11.5. The van der Waals surface area contributed by atoms with Crippen molar-refractivity contribution in [1.82, 2.24) is 10.1 Å². The van der Waals surface area contributed by atoms with Gasteiger partial charge in [0.1, 0.15) is 11.5 Å². The van der Waals surface area contributed by atoms with Gasteiger partial charge in [0.2, 0.25) is 0 Å². The molecule has 0 spiro atoms. The molecule has 0 fully saturated rings. The van der Waals surface area contributed by atoms with Crippen LogP contribution in [-0.4, -0.2) is 16.0 Å². The molecular formula is C18H18N4O2. The van der Waals surface area contributed by atoms with Crippen molar-refractivity contribution >= 4 is 23.1 Å². The summed E-state index contributed by atoms with van der Waals surface area (Å²) in [4.78, 5) is 16.4. The van der Waals surface area contributed by atoms with Crippen LogP contribution in [0, 0.1) is 20.8 Å². The van der Waals surface area contributed by atoms with Gasteiger partial charge in [-0.15, -0.1) is 0 Å². The zero-order chi connectivity index (χ0) is 17.1. The summed E-state index contributed by atoms with van der Waals surface area (Å²) in [6.07, 6.45) is 1.58. The normalized spacial score (nSPS) is 10.5. The average Bonchev–Trinajstić information content (AvgIpc) is 2.96. The van der Waals surface area contributed by atoms with E-state index in [-0.39, 0.29) is 5.91 Å². The predicted octanol–water partition coefficient (Wildman–Crippen LogP) is 3.99. The standard InChI is InChI=1S/C18H18N4O2/c1-11-4-5-14(8-12(11)2)21-18(23)16-7-6-15(10-19-16)20-17-9-13(3)24-22-17/h4-10H,1-3H3,(H,20,22)(H,21,23). The first-order valence-corrected chi connectivity index (χ1v) is 7.56. The molecule has 0 radical (unpaired) electrons. The van der Waals surface area contributed by atoms with Crippen molar-refractivity contribution in [2.75, 3.05) is 10.6 Å². The lowest BCUT2D eigenvalue weighted by atomic mass is 10.1. The summed E-state index contributed by atoms with van der Waals surface area (Å²) in [7, 11) is 0. The fraction of sp³-hybridized carbons (Fsp3) is 0.167. The number of hydrogen-bond acceptors (Lipinski definition) is 5. The van der Waals surface area contributed by atoms with E-state index in [0.29, 0.717) is 11.5 Å². The predicted molar refractivity (Wildman–Crippen MR) is 92.6 cm³/mol. The number of nitrogens with zero attached hydrogens (tertiary/aromatic N) is 2. The molecule has 6 nitrogen and oxygen atoms in total. The van der Waals surface area contributed by atoms with Crippen molar-refractivity contribution in [1.29, 1.82) is 0 Å². The number of aromatic nitrogens is 2. The van der Waals surface area contributed by atoms with Gasteiger partial charge in [0.05, 0.1) is 11.9 Å². The maximum absolute atomic E-state index is 12.3. The van der Waals surface area contributed by atoms with E-state index in [9.17, 15) is 4.79 Å². The summed E-state index contributed by atoms with van der Waals surface area (Å²) in [5.41, 5.74) is 4.14. The zero-order valence-corrected chi connectivity index (χ0v) is 13.8. The van der Waals surface area contributed by atoms with E-state index in [0.717, 1.165) is 22.7 Å². The summed E-state index contributed by atoms with van der Waals surface area (Å²) in [5.74, 6) is 1.07. The van der Waals surface area contributed by atoms with E-state index in [2.05, 4.69) is 20.8 Å². The van der Waals surface area contributed by atoms with Crippen LogP contribution in [0.3, 0.4) is 0 Å². The van der Waals surface area contributed by atoms with Crippen LogP contribution in [0.5, 0.6) is 0 Å². The molecule has 0 aliphatic heterocycles. The van der Waals surface area contributed by atoms with Crippen LogP contribution in [0.2, 0.25) is 0 Å². The molecule has 0 unspecified atom stereocenters. The summed E-state index contributed by atoms with van der Waals surface area (Å²) < 4.78 is 4.99. The highest BCUT2D eigenvalue weighted by atomic mass is 16.5. The van der Waals surface area contributed by atoms with Gasteiger partial charge in [0.25, 0.3) is 5.91 Å². The number of benzene rings is 1. The van der Waals surface area contributed by atoms with Gasteiger partial charge in [0.15, 0.2) is 5.82 Å². The SMILES string of the molecule is Cc1cc(Nc2ccc(C(=O)Nc3ccc(C)c(C)c3)nc2)no1. The maximum Gasteiger partial charge on any atom is 0.274 e. The molecule has 0 bridgehead atoms. The van der Waals surface area contributed by atoms with Gasteiger partial charge in [0, 0.05) is 11.8 Å². The van der Waals surface area contributed by atoms with Crippen LogP contribution < -0.4 is 10.6 Å². The second-order valence-electron chi connectivity index (χ2n) is 5.63. The summed E-state index contributed by atoms with van der Waals surface area (Å²) >= 11 is 0. The average molecular weight is 322 g/mol. The molecule has 2 aromatic heterocycles. The minimum absolute atomic E-state index is 0.248. The Morgan fingerprint density at radius 2 is 1.79 bits per heavy atom. The highest BCUT2D eigenvalue weighted by Crippen LogP contribution is 2.17. The van der Waals surface area contributed by atoms with E-state index in [4.69, 9.17) is 4.52 Å². The van der Waals surface area contributed by atoms with Gasteiger partial charge in [-0.2, -0.15) is 0 Å². The second kappa shape index (κ2) is 6.54. The molecule has 6 heteroatoms. The molecule has 0 saturated carbocycles. The molecular weight excluding hydrogens is 304 g/mol. The molecule has 0 aliphatic carbocycles. The third kappa shape index (κ3) is 3.60. The Hall–Kier alpha value is -3.15. The largest absolute Gasteiger partial charge is 0.360 e. The van der Waals surface area contributed by atoms with E-state index in [1.165, 1.54) is 5.56 Å². The summed E-state index contributed by atoms with van der Waals surface area (Å²) in [6.45, 7) is 5.86. The summed E-state index contributed by atoms with van der Waals surface area (Å²) in [6, 6.07) is 11.0. The smallest absolute Gasteiger partial charge is 0.274 e. The third-order valence-corrected chi connectivity index (χ3v) is 3.66. The molecule has 122 valence electrons. The van der Waals surface area contributed by atoms with Crippen LogP contribution in [0.1, 0.15) is 27.4 Å². The van der Waals surface area contributed by atoms with Crippen molar-refractivity contribution in [3.63, 3.8) is 0 Å². The Morgan fingerprint density at radius 1 is 1.00 bits per heavy atom. The molecule has 3 aromatic rings. The second-order valence-corrected chi connectivity index (χ2v) is 5.63. The number of rotatable bonds is 4. The number of amides is 1. The molecule has 3 rings (SSSR count). The Bertz CT molecular complexity index is 869. The molecule has 2 N–H and O–H groups in total. The molecule has 1 amide bonds. The quantitative estimate of drug-likeness (QED) is 0.759. The molecule has 0 atom stereocenters. The van der Waals surface area contributed by atoms with Gasteiger partial charge < -0.3 is 15.2 Å². The molecule has 2 heterocycles. The third-order valence-electron chi connectivity index (χ3n) is 3.66. The Kier molecular flexibility index (Phi) is 4.29. The number of carbonyl (C=O) groups excluding carboxylic acids is 1. The summed E-state index contributed by atoms with van der Waals surface area (Å²) in [5, 5.41) is 9.75. The molecule has 1 aromatic carbocycles. The zero-order valence-electron chi connectivity index (χ0n) is 13.8. The number of anilines is 3. The fourth-order valence-corrected chi connectivity index (χ4v) is 2.19. The minimum Gasteiger partial charge on any atom is -0.360 e. The van der Waals surface area contributed by atoms with Crippen LogP contribution in [0.15, 0.2) is 47.1 Å². The molecule has 24 heavy (non-hydrogen) atoms. The number of carbonyl (C=O) groups is 1. The van der Waals surface area contributed by atoms with Crippen LogP contribution in [0.25, 0.3) is 0 Å². The van der Waals surface area contributed by atoms with E-state index in [1.807, 2.05) is 39.0 Å². The highest BCUT2D eigenvalue weighted by molar-refractivity contribution is 6.03. The van der Waals surface area contributed by atoms with Gasteiger partial charge >= 0.3 is 0 Å². The lowest BCUT2D eigenvalue weighted by Crippen LogP contribution is -2.13. The van der Waals surface area contributed by atoms with Crippen LogP contribution in [0.4, 0.5) is 17.2 Å². The van der Waals surface area contributed by atoms with Gasteiger partial charge in [-0.25, -0.2) is 4.98 Å². The van der Waals surface area contributed by atoms with Crippen molar-refractivity contribution < 1.29 is 9.32 Å². The Labute approximate surface area is 139 Å². The first kappa shape index (κ1) is 15.7. The number of hydrogen-bond donors (Lipinski definition) is 2. The van der Waals surface area contributed by atoms with Crippen LogP contribution >= 0.6 is 0 Å². The number of nitrogens with one attached hydrogen (secondary N) is 2. The Balaban J connectivity index is 1.68. The number of pyridine rings is 1. The fourth-order valence-electron chi connectivity index (χ4n) is 2.19. The van der Waals surface area contributed by atoms with E-state index in [1.54, 1.807) is 24.4 Å². The van der Waals surface area contributed by atoms with E-state index >= 15 is 0 Å². The topological polar surface area (TPSA) is 80.0 Å². The molecule has 0 aliphatic rings. The first-order valence-electron chi connectivity index (χ1n) is 7.56. The van der Waals surface area contributed by atoms with Crippen molar-refractivity contribution in [2.24, 2.45) is 0 Å². The Morgan fingerprint density at radius 3 is 2.42 bits per heavy atom. The lowest BCUT2D eigenvalue weighted by Gasteiger charge is -2.08. The maximum atomic E-state index is 12.3. The van der Waals surface area contributed by atoms with E-state index < -0.39 is 0 Å². The van der Waals surface area contributed by atoms with Gasteiger partial charge in [-0.05, 0) is 56.2 Å². The lowest BCUT2D eigenvalue weighted by molar-refractivity contribution is 0.102. The highest BCUT2D eigenvalue weighted by Gasteiger charge is 2.09.